The maximum atomic E-state index is 11.3. The Morgan fingerprint density at radius 2 is 2.05 bits per heavy atom. The van der Waals surface area contributed by atoms with Gasteiger partial charge in [0, 0.05) is 31.3 Å². The van der Waals surface area contributed by atoms with Crippen molar-refractivity contribution >= 4 is 5.91 Å². The summed E-state index contributed by atoms with van der Waals surface area (Å²) < 4.78 is 1.86. The molecule has 1 heterocycles. The average molecular weight is 258 g/mol. The summed E-state index contributed by atoms with van der Waals surface area (Å²) in [6.45, 7) is 1.60. The molecule has 0 aliphatic heterocycles. The number of rotatable bonds is 6. The van der Waals surface area contributed by atoms with Crippen molar-refractivity contribution in [1.82, 2.24) is 15.1 Å². The van der Waals surface area contributed by atoms with Gasteiger partial charge in [-0.05, 0) is 5.56 Å². The van der Waals surface area contributed by atoms with Gasteiger partial charge in [-0.2, -0.15) is 5.10 Å². The van der Waals surface area contributed by atoms with E-state index in [0.717, 1.165) is 12.1 Å². The summed E-state index contributed by atoms with van der Waals surface area (Å²) in [5.74, 6) is -0.0293. The Morgan fingerprint density at radius 1 is 1.26 bits per heavy atom. The molecular formula is C14H18N4O. The highest BCUT2D eigenvalue weighted by Crippen LogP contribution is 2.03. The van der Waals surface area contributed by atoms with Gasteiger partial charge in [0.25, 0.3) is 0 Å². The lowest BCUT2D eigenvalue weighted by Gasteiger charge is -2.02. The third-order valence-corrected chi connectivity index (χ3v) is 2.74. The molecule has 0 atom stereocenters. The molecule has 3 N–H and O–H groups in total. The molecule has 1 amide bonds. The summed E-state index contributed by atoms with van der Waals surface area (Å²) in [5.41, 5.74) is 7.50. The summed E-state index contributed by atoms with van der Waals surface area (Å²) in [4.78, 5) is 11.3. The Morgan fingerprint density at radius 3 is 2.79 bits per heavy atom. The van der Waals surface area contributed by atoms with Crippen LogP contribution in [0.1, 0.15) is 17.5 Å². The third kappa shape index (κ3) is 4.22. The number of nitrogens with one attached hydrogen (secondary N) is 1. The topological polar surface area (TPSA) is 72.9 Å². The fraction of sp³-hybridized carbons (Fsp3) is 0.286. The summed E-state index contributed by atoms with van der Waals surface area (Å²) >= 11 is 0. The van der Waals surface area contributed by atoms with Crippen molar-refractivity contribution in [3.63, 3.8) is 0 Å². The van der Waals surface area contributed by atoms with Crippen molar-refractivity contribution in [3.05, 3.63) is 53.9 Å². The Labute approximate surface area is 112 Å². The molecule has 100 valence electrons. The van der Waals surface area contributed by atoms with E-state index >= 15 is 0 Å². The van der Waals surface area contributed by atoms with Gasteiger partial charge in [-0.25, -0.2) is 0 Å². The Bertz CT molecular complexity index is 521. The number of benzene rings is 1. The van der Waals surface area contributed by atoms with Crippen molar-refractivity contribution < 1.29 is 4.79 Å². The largest absolute Gasteiger partial charge is 0.352 e. The van der Waals surface area contributed by atoms with Crippen LogP contribution in [-0.2, 0) is 17.9 Å². The van der Waals surface area contributed by atoms with Crippen molar-refractivity contribution in [1.29, 1.82) is 0 Å². The maximum absolute atomic E-state index is 11.3. The SMILES string of the molecule is NCCC(=O)NCc1cnn(Cc2ccccc2)c1. The number of hydrogen-bond acceptors (Lipinski definition) is 3. The second-order valence-electron chi connectivity index (χ2n) is 4.35. The Balaban J connectivity index is 1.87. The van der Waals surface area contributed by atoms with E-state index in [1.165, 1.54) is 5.56 Å². The zero-order chi connectivity index (χ0) is 13.5. The highest BCUT2D eigenvalue weighted by Gasteiger charge is 2.02. The van der Waals surface area contributed by atoms with Gasteiger partial charge in [0.05, 0.1) is 12.7 Å². The molecule has 0 saturated heterocycles. The molecule has 0 aliphatic carbocycles. The van der Waals surface area contributed by atoms with Gasteiger partial charge < -0.3 is 11.1 Å². The van der Waals surface area contributed by atoms with E-state index in [1.807, 2.05) is 29.1 Å². The molecule has 5 heteroatoms. The van der Waals surface area contributed by atoms with Crippen molar-refractivity contribution in [2.45, 2.75) is 19.5 Å². The number of nitrogens with zero attached hydrogens (tertiary/aromatic N) is 2. The number of carbonyl (C=O) groups is 1. The minimum Gasteiger partial charge on any atom is -0.352 e. The first-order chi connectivity index (χ1) is 9.28. The van der Waals surface area contributed by atoms with Crippen LogP contribution in [0.15, 0.2) is 42.7 Å². The molecule has 5 nitrogen and oxygen atoms in total. The van der Waals surface area contributed by atoms with E-state index in [2.05, 4.69) is 22.5 Å². The summed E-state index contributed by atoms with van der Waals surface area (Å²) in [6, 6.07) is 10.1. The molecule has 1 aromatic carbocycles. The molecule has 0 bridgehead atoms. The van der Waals surface area contributed by atoms with E-state index in [1.54, 1.807) is 6.20 Å². The lowest BCUT2D eigenvalue weighted by molar-refractivity contribution is -0.121. The van der Waals surface area contributed by atoms with Crippen LogP contribution in [0.4, 0.5) is 0 Å². The van der Waals surface area contributed by atoms with Crippen LogP contribution >= 0.6 is 0 Å². The lowest BCUT2D eigenvalue weighted by Crippen LogP contribution is -2.24. The fourth-order valence-electron chi connectivity index (χ4n) is 1.77. The second kappa shape index (κ2) is 6.70. The number of hydrogen-bond donors (Lipinski definition) is 2. The molecule has 1 aromatic heterocycles. The van der Waals surface area contributed by atoms with E-state index < -0.39 is 0 Å². The van der Waals surface area contributed by atoms with Gasteiger partial charge in [0.15, 0.2) is 0 Å². The van der Waals surface area contributed by atoms with E-state index in [-0.39, 0.29) is 5.91 Å². The second-order valence-corrected chi connectivity index (χ2v) is 4.35. The predicted molar refractivity (Wildman–Crippen MR) is 73.3 cm³/mol. The average Bonchev–Trinajstić information content (AvgIpc) is 2.86. The van der Waals surface area contributed by atoms with Crippen LogP contribution in [0.5, 0.6) is 0 Å². The van der Waals surface area contributed by atoms with Crippen LogP contribution < -0.4 is 11.1 Å². The number of nitrogens with two attached hydrogens (primary N) is 1. The normalized spacial score (nSPS) is 10.4. The van der Waals surface area contributed by atoms with E-state index in [4.69, 9.17) is 5.73 Å². The highest BCUT2D eigenvalue weighted by molar-refractivity contribution is 5.75. The van der Waals surface area contributed by atoms with Gasteiger partial charge in [0.1, 0.15) is 0 Å². The fourth-order valence-corrected chi connectivity index (χ4v) is 1.77. The first kappa shape index (κ1) is 13.3. The zero-order valence-electron chi connectivity index (χ0n) is 10.7. The molecule has 0 saturated carbocycles. The molecule has 0 unspecified atom stereocenters. The maximum Gasteiger partial charge on any atom is 0.221 e. The molecule has 2 rings (SSSR count). The van der Waals surface area contributed by atoms with Gasteiger partial charge in [-0.3, -0.25) is 9.48 Å². The van der Waals surface area contributed by atoms with E-state index in [0.29, 0.717) is 19.5 Å². The minimum absolute atomic E-state index is 0.0293. The van der Waals surface area contributed by atoms with Gasteiger partial charge >= 0.3 is 0 Å². The minimum atomic E-state index is -0.0293. The molecule has 0 fully saturated rings. The van der Waals surface area contributed by atoms with Crippen molar-refractivity contribution in [2.75, 3.05) is 6.54 Å². The van der Waals surface area contributed by atoms with Crippen molar-refractivity contribution in [3.8, 4) is 0 Å². The lowest BCUT2D eigenvalue weighted by atomic mass is 10.2. The zero-order valence-corrected chi connectivity index (χ0v) is 10.7. The highest BCUT2D eigenvalue weighted by atomic mass is 16.1. The number of carbonyl (C=O) groups excluding carboxylic acids is 1. The summed E-state index contributed by atoms with van der Waals surface area (Å²) in [6.07, 6.45) is 4.07. The van der Waals surface area contributed by atoms with Gasteiger partial charge in [-0.15, -0.1) is 0 Å². The third-order valence-electron chi connectivity index (χ3n) is 2.74. The molecule has 0 aliphatic rings. The van der Waals surface area contributed by atoms with Crippen LogP contribution in [-0.4, -0.2) is 22.2 Å². The van der Waals surface area contributed by atoms with Gasteiger partial charge in [-0.1, -0.05) is 30.3 Å². The molecule has 0 spiro atoms. The number of amides is 1. The summed E-state index contributed by atoms with van der Waals surface area (Å²) in [7, 11) is 0. The van der Waals surface area contributed by atoms with Crippen LogP contribution in [0, 0.1) is 0 Å². The van der Waals surface area contributed by atoms with Crippen LogP contribution in [0.3, 0.4) is 0 Å². The smallest absolute Gasteiger partial charge is 0.221 e. The van der Waals surface area contributed by atoms with Crippen LogP contribution in [0.2, 0.25) is 0 Å². The molecule has 0 radical (unpaired) electrons. The first-order valence-electron chi connectivity index (χ1n) is 6.30. The predicted octanol–water partition coefficient (Wildman–Crippen LogP) is 0.896. The monoisotopic (exact) mass is 258 g/mol. The molecule has 19 heavy (non-hydrogen) atoms. The standard InChI is InChI=1S/C14H18N4O/c15-7-6-14(19)16-8-13-9-17-18(11-13)10-12-4-2-1-3-5-12/h1-5,9,11H,6-8,10,15H2,(H,16,19). The quantitative estimate of drug-likeness (QED) is 0.808. The Hall–Kier alpha value is -2.14. The van der Waals surface area contributed by atoms with Crippen molar-refractivity contribution in [2.24, 2.45) is 5.73 Å². The summed E-state index contributed by atoms with van der Waals surface area (Å²) in [5, 5.41) is 7.08. The van der Waals surface area contributed by atoms with Gasteiger partial charge in [0.2, 0.25) is 5.91 Å². The van der Waals surface area contributed by atoms with E-state index in [9.17, 15) is 4.79 Å². The Kier molecular flexibility index (Phi) is 4.69. The molecular weight excluding hydrogens is 240 g/mol. The number of aromatic nitrogens is 2. The molecule has 2 aromatic rings. The van der Waals surface area contributed by atoms with Crippen LogP contribution in [0.25, 0.3) is 0 Å². The first-order valence-corrected chi connectivity index (χ1v) is 6.30.